The Morgan fingerprint density at radius 2 is 1.68 bits per heavy atom. The summed E-state index contributed by atoms with van der Waals surface area (Å²) in [6.07, 6.45) is 1.05. The van der Waals surface area contributed by atoms with Crippen LogP contribution in [-0.2, 0) is 19.7 Å². The Kier molecular flexibility index (Phi) is 7.16. The van der Waals surface area contributed by atoms with Gasteiger partial charge in [-0.2, -0.15) is 0 Å². The topological polar surface area (TPSA) is 107 Å². The number of rotatable bonds is 3. The second-order valence-corrected chi connectivity index (χ2v) is 7.60. The molecule has 1 heterocycles. The molecule has 28 heavy (non-hydrogen) atoms. The number of nitrogens with zero attached hydrogens (tertiary/aromatic N) is 1. The maximum Gasteiger partial charge on any atom is 1.00 e. The SMILES string of the molecule is O=C1NC(=S)N(c2ccc(Cl)cc2)C(=O)/C1=C/c1ccccc1S(=O)(=O)[O-].[Na+]. The summed E-state index contributed by atoms with van der Waals surface area (Å²) in [4.78, 5) is 25.6. The summed E-state index contributed by atoms with van der Waals surface area (Å²) >= 11 is 10.9. The Balaban J connectivity index is 0.00000280. The number of thiocarbonyl (C=S) groups is 1. The van der Waals surface area contributed by atoms with Gasteiger partial charge in [0, 0.05) is 5.02 Å². The van der Waals surface area contributed by atoms with E-state index in [-0.39, 0.29) is 45.8 Å². The summed E-state index contributed by atoms with van der Waals surface area (Å²) in [7, 11) is -4.79. The fraction of sp³-hybridized carbons (Fsp3) is 0. The van der Waals surface area contributed by atoms with Crippen molar-refractivity contribution in [2.24, 2.45) is 0 Å². The smallest absolute Gasteiger partial charge is 0.744 e. The molecule has 138 valence electrons. The first-order valence-corrected chi connectivity index (χ1v) is 9.60. The Labute approximate surface area is 193 Å². The summed E-state index contributed by atoms with van der Waals surface area (Å²) in [6, 6.07) is 11.4. The third kappa shape index (κ3) is 4.69. The number of amides is 2. The van der Waals surface area contributed by atoms with E-state index in [1.165, 1.54) is 30.3 Å². The van der Waals surface area contributed by atoms with E-state index in [0.717, 1.165) is 17.0 Å². The van der Waals surface area contributed by atoms with E-state index in [2.05, 4.69) is 5.32 Å². The number of anilines is 1. The van der Waals surface area contributed by atoms with Crippen LogP contribution in [0.5, 0.6) is 0 Å². The summed E-state index contributed by atoms with van der Waals surface area (Å²) in [6.45, 7) is 0. The van der Waals surface area contributed by atoms with Gasteiger partial charge in [0.15, 0.2) is 5.11 Å². The normalized spacial score (nSPS) is 16.0. The quantitative estimate of drug-likeness (QED) is 0.216. The molecular formula is C17H10ClN2NaO5S2. The van der Waals surface area contributed by atoms with Gasteiger partial charge in [0.05, 0.1) is 10.6 Å². The maximum atomic E-state index is 12.8. The molecule has 2 aromatic rings. The van der Waals surface area contributed by atoms with Gasteiger partial charge in [0.25, 0.3) is 11.8 Å². The van der Waals surface area contributed by atoms with Gasteiger partial charge >= 0.3 is 29.6 Å². The van der Waals surface area contributed by atoms with Gasteiger partial charge in [-0.25, -0.2) is 8.42 Å². The number of hydrogen-bond donors (Lipinski definition) is 1. The zero-order valence-corrected chi connectivity index (χ0v) is 18.8. The summed E-state index contributed by atoms with van der Waals surface area (Å²) in [5.41, 5.74) is -0.0745. The van der Waals surface area contributed by atoms with Crippen molar-refractivity contribution in [3.8, 4) is 0 Å². The van der Waals surface area contributed by atoms with Crippen LogP contribution in [0.3, 0.4) is 0 Å². The van der Waals surface area contributed by atoms with Crippen LogP contribution in [0.1, 0.15) is 5.56 Å². The Bertz CT molecular complexity index is 1100. The van der Waals surface area contributed by atoms with Crippen molar-refractivity contribution in [3.05, 3.63) is 64.7 Å². The fourth-order valence-electron chi connectivity index (χ4n) is 2.47. The van der Waals surface area contributed by atoms with Crippen LogP contribution in [0.4, 0.5) is 5.69 Å². The molecule has 1 aliphatic heterocycles. The number of benzene rings is 2. The molecular weight excluding hydrogens is 435 g/mol. The summed E-state index contributed by atoms with van der Waals surface area (Å²) in [5, 5.41) is 2.69. The second kappa shape index (κ2) is 8.83. The van der Waals surface area contributed by atoms with Crippen molar-refractivity contribution >= 4 is 62.6 Å². The monoisotopic (exact) mass is 444 g/mol. The van der Waals surface area contributed by atoms with E-state index in [4.69, 9.17) is 23.8 Å². The molecule has 0 aromatic heterocycles. The minimum absolute atomic E-state index is 0. The van der Waals surface area contributed by atoms with Crippen molar-refractivity contribution in [1.29, 1.82) is 0 Å². The number of halogens is 1. The average molecular weight is 445 g/mol. The largest absolute Gasteiger partial charge is 1.00 e. The predicted octanol–water partition coefficient (Wildman–Crippen LogP) is -0.921. The number of hydrogen-bond acceptors (Lipinski definition) is 6. The molecule has 3 rings (SSSR count). The fourth-order valence-corrected chi connectivity index (χ4v) is 3.53. The van der Waals surface area contributed by atoms with E-state index in [0.29, 0.717) is 10.7 Å². The van der Waals surface area contributed by atoms with Crippen LogP contribution in [0.25, 0.3) is 6.08 Å². The van der Waals surface area contributed by atoms with Crippen molar-refractivity contribution in [2.75, 3.05) is 4.90 Å². The van der Waals surface area contributed by atoms with E-state index >= 15 is 0 Å². The van der Waals surface area contributed by atoms with Crippen molar-refractivity contribution in [1.82, 2.24) is 5.32 Å². The minimum Gasteiger partial charge on any atom is -0.744 e. The number of carbonyl (C=O) groups excluding carboxylic acids is 2. The Morgan fingerprint density at radius 1 is 1.07 bits per heavy atom. The average Bonchev–Trinajstić information content (AvgIpc) is 2.59. The van der Waals surface area contributed by atoms with Gasteiger partial charge in [-0.05, 0) is 54.2 Å². The Hall–Kier alpha value is -1.59. The van der Waals surface area contributed by atoms with Crippen molar-refractivity contribution in [3.63, 3.8) is 0 Å². The summed E-state index contributed by atoms with van der Waals surface area (Å²) in [5.74, 6) is -1.56. The maximum absolute atomic E-state index is 12.8. The minimum atomic E-state index is -4.79. The first-order valence-electron chi connectivity index (χ1n) is 7.40. The van der Waals surface area contributed by atoms with Gasteiger partial charge in [0.1, 0.15) is 15.7 Å². The van der Waals surface area contributed by atoms with Crippen LogP contribution < -0.4 is 39.8 Å². The Morgan fingerprint density at radius 3 is 2.29 bits per heavy atom. The first kappa shape index (κ1) is 22.7. The van der Waals surface area contributed by atoms with Gasteiger partial charge in [0.2, 0.25) is 0 Å². The van der Waals surface area contributed by atoms with E-state index < -0.39 is 26.8 Å². The molecule has 11 heteroatoms. The molecule has 0 saturated carbocycles. The molecule has 1 fully saturated rings. The molecule has 1 saturated heterocycles. The van der Waals surface area contributed by atoms with E-state index in [1.54, 1.807) is 12.1 Å². The summed E-state index contributed by atoms with van der Waals surface area (Å²) < 4.78 is 34.2. The zero-order chi connectivity index (χ0) is 19.8. The number of carbonyl (C=O) groups is 2. The second-order valence-electron chi connectivity index (χ2n) is 5.43. The van der Waals surface area contributed by atoms with Gasteiger partial charge in [-0.15, -0.1) is 0 Å². The molecule has 0 bridgehead atoms. The van der Waals surface area contributed by atoms with Crippen LogP contribution >= 0.6 is 23.8 Å². The van der Waals surface area contributed by atoms with Gasteiger partial charge in [-0.1, -0.05) is 29.8 Å². The van der Waals surface area contributed by atoms with Crippen LogP contribution in [-0.4, -0.2) is 29.9 Å². The predicted molar refractivity (Wildman–Crippen MR) is 102 cm³/mol. The molecule has 2 amide bonds. The third-order valence-electron chi connectivity index (χ3n) is 3.67. The third-order valence-corrected chi connectivity index (χ3v) is 5.12. The van der Waals surface area contributed by atoms with Gasteiger partial charge in [-0.3, -0.25) is 19.8 Å². The van der Waals surface area contributed by atoms with Crippen LogP contribution in [0, 0.1) is 0 Å². The molecule has 1 aliphatic rings. The molecule has 1 N–H and O–H groups in total. The van der Waals surface area contributed by atoms with Crippen molar-refractivity contribution in [2.45, 2.75) is 4.90 Å². The van der Waals surface area contributed by atoms with E-state index in [1.807, 2.05) is 0 Å². The van der Waals surface area contributed by atoms with Crippen LogP contribution in [0.2, 0.25) is 5.02 Å². The first-order chi connectivity index (χ1) is 12.7. The number of nitrogens with one attached hydrogen (secondary N) is 1. The zero-order valence-electron chi connectivity index (χ0n) is 14.4. The molecule has 0 spiro atoms. The van der Waals surface area contributed by atoms with E-state index in [9.17, 15) is 22.6 Å². The molecule has 0 aliphatic carbocycles. The molecule has 7 nitrogen and oxygen atoms in total. The molecule has 2 aromatic carbocycles. The van der Waals surface area contributed by atoms with Crippen LogP contribution in [0.15, 0.2) is 59.0 Å². The molecule has 0 unspecified atom stereocenters. The molecule has 0 atom stereocenters. The molecule has 0 radical (unpaired) electrons. The standard InChI is InChI=1S/C17H11ClN2O5S2.Na/c18-11-5-7-12(8-6-11)20-16(22)13(15(21)19-17(20)26)9-10-3-1-2-4-14(10)27(23,24)25;/h1-9H,(H,19,21,26)(H,23,24,25);/q;+1/p-1/b13-9+;. The van der Waals surface area contributed by atoms with Gasteiger partial charge < -0.3 is 4.55 Å². The van der Waals surface area contributed by atoms with Crippen molar-refractivity contribution < 1.29 is 52.1 Å².